The number of amides is 1. The molecule has 1 amide bonds. The first kappa shape index (κ1) is 36.2. The summed E-state index contributed by atoms with van der Waals surface area (Å²) in [6, 6.07) is 20.3. The summed E-state index contributed by atoms with van der Waals surface area (Å²) in [5.74, 6) is 1.74. The highest BCUT2D eigenvalue weighted by molar-refractivity contribution is 6.02. The van der Waals surface area contributed by atoms with E-state index in [1.807, 2.05) is 35.2 Å². The number of halogens is 1. The van der Waals surface area contributed by atoms with Gasteiger partial charge in [0.1, 0.15) is 58.5 Å². The van der Waals surface area contributed by atoms with Crippen molar-refractivity contribution in [3.8, 4) is 29.1 Å². The molecule has 5 rings (SSSR count). The van der Waals surface area contributed by atoms with Gasteiger partial charge in [0.25, 0.3) is 11.9 Å². The number of nitrogens with zero attached hydrogens (tertiary/aromatic N) is 4. The van der Waals surface area contributed by atoms with Crippen LogP contribution in [0.2, 0.25) is 0 Å². The van der Waals surface area contributed by atoms with Gasteiger partial charge in [-0.2, -0.15) is 5.26 Å². The van der Waals surface area contributed by atoms with Gasteiger partial charge in [-0.1, -0.05) is 0 Å². The van der Waals surface area contributed by atoms with Crippen molar-refractivity contribution in [3.05, 3.63) is 119 Å². The molecule has 1 aromatic heterocycles. The average Bonchev–Trinajstić information content (AvgIpc) is 3.15. The van der Waals surface area contributed by atoms with Gasteiger partial charge in [0, 0.05) is 47.8 Å². The largest absolute Gasteiger partial charge is 0.497 e. The Bertz CT molecular complexity index is 1940. The van der Waals surface area contributed by atoms with Crippen LogP contribution in [0.1, 0.15) is 39.7 Å². The normalized spacial score (nSPS) is 15.0. The Kier molecular flexibility index (Phi) is 11.4. The number of methoxy groups -OCH3 is 5. The topological polar surface area (TPSA) is 137 Å². The highest BCUT2D eigenvalue weighted by Gasteiger charge is 2.35. The zero-order valence-electron chi connectivity index (χ0n) is 29.2. The maximum Gasteiger partial charge on any atom is 0.294 e. The van der Waals surface area contributed by atoms with Gasteiger partial charge in [-0.3, -0.25) is 4.79 Å². The van der Waals surface area contributed by atoms with E-state index in [4.69, 9.17) is 38.7 Å². The Morgan fingerprint density at radius 3 is 2.08 bits per heavy atom. The molecule has 0 saturated heterocycles. The fourth-order valence-electron chi connectivity index (χ4n) is 5.55. The molecule has 0 radical (unpaired) electrons. The lowest BCUT2D eigenvalue weighted by molar-refractivity contribution is 0.102. The van der Waals surface area contributed by atoms with Crippen LogP contribution in [-0.4, -0.2) is 64.0 Å². The van der Waals surface area contributed by atoms with Crippen molar-refractivity contribution < 1.29 is 37.6 Å². The number of aliphatic imine (C=N–C) groups is 1. The molecule has 1 N–H and O–H groups in total. The maximum absolute atomic E-state index is 15.8. The SMILES string of the molecule is COCC1=C[C@@](C)(c2cc(NC(=O)c3ccc(C#N)cn3)ccc2F)N=C(N(Cc2ccc(OC)cc2OC)Cc2ccc(OC)cc2OC)O1. The van der Waals surface area contributed by atoms with E-state index in [0.717, 1.165) is 11.1 Å². The van der Waals surface area contributed by atoms with Crippen molar-refractivity contribution in [1.29, 1.82) is 5.26 Å². The number of nitrogens with one attached hydrogen (secondary N) is 1. The van der Waals surface area contributed by atoms with Crippen molar-refractivity contribution in [1.82, 2.24) is 9.88 Å². The van der Waals surface area contributed by atoms with E-state index >= 15 is 4.39 Å². The van der Waals surface area contributed by atoms with E-state index in [-0.39, 0.29) is 37.0 Å². The number of anilines is 1. The molecule has 0 saturated carbocycles. The molecule has 0 aliphatic carbocycles. The second-order valence-corrected chi connectivity index (χ2v) is 11.6. The van der Waals surface area contributed by atoms with Crippen LogP contribution >= 0.6 is 0 Å². The molecule has 13 heteroatoms. The second kappa shape index (κ2) is 16.1. The molecule has 0 fully saturated rings. The highest BCUT2D eigenvalue weighted by Crippen LogP contribution is 2.37. The van der Waals surface area contributed by atoms with Gasteiger partial charge in [-0.15, -0.1) is 0 Å². The quantitative estimate of drug-likeness (QED) is 0.172. The molecule has 0 spiro atoms. The van der Waals surface area contributed by atoms with Crippen LogP contribution in [0, 0.1) is 17.1 Å². The van der Waals surface area contributed by atoms with E-state index in [2.05, 4.69) is 10.3 Å². The summed E-state index contributed by atoms with van der Waals surface area (Å²) >= 11 is 0. The fraction of sp³-hybridized carbons (Fsp3) is 0.263. The van der Waals surface area contributed by atoms with Crippen LogP contribution in [0.3, 0.4) is 0 Å². The molecule has 12 nitrogen and oxygen atoms in total. The third kappa shape index (κ3) is 8.37. The van der Waals surface area contributed by atoms with E-state index < -0.39 is 17.3 Å². The number of benzene rings is 3. The Hall–Kier alpha value is -6.13. The third-order valence-electron chi connectivity index (χ3n) is 8.16. The molecular formula is C38H38FN5O7. The molecule has 1 aliphatic rings. The Balaban J connectivity index is 1.58. The smallest absolute Gasteiger partial charge is 0.294 e. The van der Waals surface area contributed by atoms with Crippen LogP contribution in [0.5, 0.6) is 23.0 Å². The van der Waals surface area contributed by atoms with Gasteiger partial charge in [0.05, 0.1) is 47.1 Å². The predicted molar refractivity (Wildman–Crippen MR) is 187 cm³/mol. The minimum atomic E-state index is -1.31. The van der Waals surface area contributed by atoms with E-state index in [1.54, 1.807) is 53.6 Å². The molecular weight excluding hydrogens is 657 g/mol. The third-order valence-corrected chi connectivity index (χ3v) is 8.16. The minimum absolute atomic E-state index is 0.0720. The average molecular weight is 696 g/mol. The standard InChI is InChI=1S/C38H38FN5O7/c1-38(31-15-27(10-13-32(31)39)42-36(45)33-14-7-24(19-40)20-41-33)18-30(23-46-2)51-37(43-38)44(21-25-8-11-28(47-3)16-34(25)49-5)22-26-9-12-29(48-4)17-35(26)50-6/h7-18,20H,21-23H2,1-6H3,(H,42,45)/t38-/m0/s1. The summed E-state index contributed by atoms with van der Waals surface area (Å²) < 4.78 is 49.9. The number of ether oxygens (including phenoxy) is 6. The zero-order chi connectivity index (χ0) is 36.5. The number of carbonyl (C=O) groups is 1. The van der Waals surface area contributed by atoms with Gasteiger partial charge in [-0.05, 0) is 67.6 Å². The first-order valence-electron chi connectivity index (χ1n) is 15.8. The second-order valence-electron chi connectivity index (χ2n) is 11.6. The molecule has 4 aromatic rings. The monoisotopic (exact) mass is 695 g/mol. The molecule has 0 unspecified atom stereocenters. The number of amidine groups is 1. The Labute approximate surface area is 295 Å². The number of aromatic nitrogens is 1. The van der Waals surface area contributed by atoms with E-state index in [9.17, 15) is 4.79 Å². The number of carbonyl (C=O) groups excluding carboxylic acids is 1. The van der Waals surface area contributed by atoms with Crippen LogP contribution in [0.25, 0.3) is 0 Å². The number of pyridine rings is 1. The highest BCUT2D eigenvalue weighted by atomic mass is 19.1. The summed E-state index contributed by atoms with van der Waals surface area (Å²) in [5, 5.41) is 11.8. The number of hydrogen-bond donors (Lipinski definition) is 1. The maximum atomic E-state index is 15.8. The number of rotatable bonds is 13. The van der Waals surface area contributed by atoms with Crippen LogP contribution in [-0.2, 0) is 28.1 Å². The first-order valence-corrected chi connectivity index (χ1v) is 15.8. The fourth-order valence-corrected chi connectivity index (χ4v) is 5.55. The summed E-state index contributed by atoms with van der Waals surface area (Å²) in [7, 11) is 7.84. The van der Waals surface area contributed by atoms with Crippen LogP contribution in [0.15, 0.2) is 89.8 Å². The van der Waals surface area contributed by atoms with Gasteiger partial charge in [-0.25, -0.2) is 14.4 Å². The summed E-state index contributed by atoms with van der Waals surface area (Å²) in [6.07, 6.45) is 2.99. The number of hydrogen-bond acceptors (Lipinski definition) is 11. The van der Waals surface area contributed by atoms with Crippen LogP contribution < -0.4 is 24.3 Å². The Morgan fingerprint density at radius 1 is 0.902 bits per heavy atom. The van der Waals surface area contributed by atoms with Gasteiger partial charge in [0.15, 0.2) is 0 Å². The predicted octanol–water partition coefficient (Wildman–Crippen LogP) is 6.21. The molecule has 1 aliphatic heterocycles. The molecule has 51 heavy (non-hydrogen) atoms. The molecule has 0 bridgehead atoms. The van der Waals surface area contributed by atoms with Gasteiger partial charge in [0.2, 0.25) is 0 Å². The summed E-state index contributed by atoms with van der Waals surface area (Å²) in [5.41, 5.74) is 1.19. The van der Waals surface area contributed by atoms with Gasteiger partial charge >= 0.3 is 0 Å². The van der Waals surface area contributed by atoms with Crippen molar-refractivity contribution in [2.45, 2.75) is 25.6 Å². The number of nitriles is 1. The lowest BCUT2D eigenvalue weighted by Gasteiger charge is -2.35. The lowest BCUT2D eigenvalue weighted by atomic mass is 9.90. The van der Waals surface area contributed by atoms with E-state index in [1.165, 1.54) is 43.6 Å². The van der Waals surface area contributed by atoms with Crippen molar-refractivity contribution in [3.63, 3.8) is 0 Å². The van der Waals surface area contributed by atoms with Crippen LogP contribution in [0.4, 0.5) is 10.1 Å². The van der Waals surface area contributed by atoms with Gasteiger partial charge < -0.3 is 38.6 Å². The lowest BCUT2D eigenvalue weighted by Crippen LogP contribution is -2.38. The zero-order valence-corrected chi connectivity index (χ0v) is 29.2. The minimum Gasteiger partial charge on any atom is -0.497 e. The molecule has 2 heterocycles. The van der Waals surface area contributed by atoms with Crippen molar-refractivity contribution in [2.75, 3.05) is 47.5 Å². The molecule has 1 atom stereocenters. The summed E-state index contributed by atoms with van der Waals surface area (Å²) in [4.78, 5) is 24.0. The van der Waals surface area contributed by atoms with Crippen molar-refractivity contribution in [2.24, 2.45) is 4.99 Å². The summed E-state index contributed by atoms with van der Waals surface area (Å²) in [6.45, 7) is 2.33. The first-order chi connectivity index (χ1) is 24.6. The molecule has 3 aromatic carbocycles. The van der Waals surface area contributed by atoms with E-state index in [0.29, 0.717) is 40.0 Å². The Morgan fingerprint density at radius 2 is 1.55 bits per heavy atom. The molecule has 264 valence electrons. The van der Waals surface area contributed by atoms with Crippen molar-refractivity contribution >= 4 is 17.6 Å².